The molecular formula is C22H28ClN3O7. The quantitative estimate of drug-likeness (QED) is 0.332. The average molecular weight is 482 g/mol. The number of carbonyl (C=O) groups is 3. The monoisotopic (exact) mass is 481 g/mol. The van der Waals surface area contributed by atoms with Crippen molar-refractivity contribution in [3.05, 3.63) is 52.7 Å². The Morgan fingerprint density at radius 1 is 1.15 bits per heavy atom. The standard InChI is InChI=1S/C22H28ClN3O7/c1-22(2,3)33-21(30)26-17(10-6-7-11-18-24-16(13-31-18)19(27)28)25-20(29)32-12-14-8-4-5-9-15(14)23/h4-5,8-9,13,17H,6-7,10-12H2,1-3H3,(H,25,29)(H,26,30)(H,27,28). The first-order valence-electron chi connectivity index (χ1n) is 10.4. The Bertz CT molecular complexity index is 955. The second kappa shape index (κ2) is 12.1. The lowest BCUT2D eigenvalue weighted by molar-refractivity contribution is 0.0487. The molecule has 10 nitrogen and oxygen atoms in total. The number of carboxylic acids is 1. The third kappa shape index (κ3) is 9.82. The number of benzene rings is 1. The first kappa shape index (κ1) is 26.0. The van der Waals surface area contributed by atoms with E-state index in [1.54, 1.807) is 45.0 Å². The van der Waals surface area contributed by atoms with Crippen molar-refractivity contribution in [3.8, 4) is 0 Å². The van der Waals surface area contributed by atoms with Gasteiger partial charge in [0.15, 0.2) is 11.6 Å². The molecule has 3 N–H and O–H groups in total. The minimum absolute atomic E-state index is 0.0270. The van der Waals surface area contributed by atoms with Crippen molar-refractivity contribution < 1.29 is 33.4 Å². The Labute approximate surface area is 196 Å². The number of nitrogens with one attached hydrogen (secondary N) is 2. The highest BCUT2D eigenvalue weighted by Gasteiger charge is 2.21. The molecule has 0 bridgehead atoms. The van der Waals surface area contributed by atoms with Crippen LogP contribution in [-0.2, 0) is 22.5 Å². The third-order valence-corrected chi connectivity index (χ3v) is 4.57. The number of halogens is 1. The number of hydrogen-bond donors (Lipinski definition) is 3. The Hall–Kier alpha value is -3.27. The summed E-state index contributed by atoms with van der Waals surface area (Å²) in [6, 6.07) is 6.98. The van der Waals surface area contributed by atoms with Gasteiger partial charge in [-0.25, -0.2) is 19.4 Å². The zero-order valence-corrected chi connectivity index (χ0v) is 19.5. The van der Waals surface area contributed by atoms with Crippen molar-refractivity contribution in [2.24, 2.45) is 0 Å². The van der Waals surface area contributed by atoms with Crippen LogP contribution in [0.3, 0.4) is 0 Å². The van der Waals surface area contributed by atoms with Gasteiger partial charge in [0.25, 0.3) is 0 Å². The maximum Gasteiger partial charge on any atom is 0.409 e. The second-order valence-corrected chi connectivity index (χ2v) is 8.60. The summed E-state index contributed by atoms with van der Waals surface area (Å²) in [5.74, 6) is -0.859. The summed E-state index contributed by atoms with van der Waals surface area (Å²) in [5, 5.41) is 14.6. The number of oxazole rings is 1. The van der Waals surface area contributed by atoms with Gasteiger partial charge in [-0.05, 0) is 46.1 Å². The number of carbonyl (C=O) groups excluding carboxylic acids is 2. The van der Waals surface area contributed by atoms with Gasteiger partial charge in [-0.3, -0.25) is 0 Å². The average Bonchev–Trinajstić information content (AvgIpc) is 3.18. The summed E-state index contributed by atoms with van der Waals surface area (Å²) in [6.07, 6.45) is 0.848. The van der Waals surface area contributed by atoms with E-state index in [9.17, 15) is 14.4 Å². The molecule has 2 amide bonds. The van der Waals surface area contributed by atoms with Crippen molar-refractivity contribution in [1.29, 1.82) is 0 Å². The molecule has 11 heteroatoms. The molecule has 0 aliphatic rings. The Morgan fingerprint density at radius 2 is 1.85 bits per heavy atom. The number of amides is 2. The number of unbranched alkanes of at least 4 members (excludes halogenated alkanes) is 1. The van der Waals surface area contributed by atoms with Crippen LogP contribution >= 0.6 is 11.6 Å². The van der Waals surface area contributed by atoms with Crippen LogP contribution in [0.5, 0.6) is 0 Å². The minimum Gasteiger partial charge on any atom is -0.476 e. The largest absolute Gasteiger partial charge is 0.476 e. The molecule has 2 rings (SSSR count). The van der Waals surface area contributed by atoms with Crippen LogP contribution in [0, 0.1) is 0 Å². The van der Waals surface area contributed by atoms with Crippen molar-refractivity contribution in [2.75, 3.05) is 0 Å². The number of rotatable bonds is 10. The van der Waals surface area contributed by atoms with E-state index in [1.807, 2.05) is 0 Å². The normalized spacial score (nSPS) is 12.0. The third-order valence-electron chi connectivity index (χ3n) is 4.20. The van der Waals surface area contributed by atoms with Gasteiger partial charge in [-0.1, -0.05) is 29.8 Å². The van der Waals surface area contributed by atoms with E-state index in [-0.39, 0.29) is 12.3 Å². The van der Waals surface area contributed by atoms with Crippen LogP contribution in [0.15, 0.2) is 34.9 Å². The van der Waals surface area contributed by atoms with Crippen LogP contribution in [0.4, 0.5) is 9.59 Å². The number of aryl methyl sites for hydroxylation is 1. The number of carboxylic acid groups (broad SMARTS) is 1. The van der Waals surface area contributed by atoms with E-state index >= 15 is 0 Å². The molecule has 1 atom stereocenters. The minimum atomic E-state index is -1.16. The zero-order valence-electron chi connectivity index (χ0n) is 18.7. The lowest BCUT2D eigenvalue weighted by atomic mass is 10.1. The maximum atomic E-state index is 12.3. The first-order valence-corrected chi connectivity index (χ1v) is 10.7. The highest BCUT2D eigenvalue weighted by molar-refractivity contribution is 6.31. The van der Waals surface area contributed by atoms with E-state index in [4.69, 9.17) is 30.6 Å². The zero-order chi connectivity index (χ0) is 24.4. The summed E-state index contributed by atoms with van der Waals surface area (Å²) >= 11 is 6.07. The molecule has 0 saturated carbocycles. The van der Waals surface area contributed by atoms with Gasteiger partial charge in [0.05, 0.1) is 0 Å². The van der Waals surface area contributed by atoms with Crippen molar-refractivity contribution in [1.82, 2.24) is 15.6 Å². The van der Waals surface area contributed by atoms with Crippen molar-refractivity contribution >= 4 is 29.8 Å². The van der Waals surface area contributed by atoms with E-state index in [2.05, 4.69) is 15.6 Å². The van der Waals surface area contributed by atoms with Gasteiger partial charge >= 0.3 is 18.2 Å². The molecule has 0 aliphatic carbocycles. The fraction of sp³-hybridized carbons (Fsp3) is 0.455. The van der Waals surface area contributed by atoms with Crippen LogP contribution in [0.1, 0.15) is 62.0 Å². The van der Waals surface area contributed by atoms with Crippen LogP contribution in [-0.4, -0.2) is 40.0 Å². The highest BCUT2D eigenvalue weighted by atomic mass is 35.5. The van der Waals surface area contributed by atoms with Crippen molar-refractivity contribution in [3.63, 3.8) is 0 Å². The number of aromatic carboxylic acids is 1. The van der Waals surface area contributed by atoms with Crippen LogP contribution in [0.2, 0.25) is 5.02 Å². The predicted molar refractivity (Wildman–Crippen MR) is 119 cm³/mol. The first-order chi connectivity index (χ1) is 15.5. The Balaban J connectivity index is 1.88. The molecule has 0 spiro atoms. The smallest absolute Gasteiger partial charge is 0.409 e. The number of nitrogens with zero attached hydrogens (tertiary/aromatic N) is 1. The van der Waals surface area contributed by atoms with Gasteiger partial charge in [0, 0.05) is 17.0 Å². The number of alkyl carbamates (subject to hydrolysis) is 2. The Kier molecular flexibility index (Phi) is 9.53. The predicted octanol–water partition coefficient (Wildman–Crippen LogP) is 4.52. The molecule has 2 aromatic rings. The van der Waals surface area contributed by atoms with E-state index in [1.165, 1.54) is 0 Å². The summed E-state index contributed by atoms with van der Waals surface area (Å²) in [6.45, 7) is 5.17. The van der Waals surface area contributed by atoms with Gasteiger partial charge in [-0.15, -0.1) is 0 Å². The molecule has 1 aromatic carbocycles. The fourth-order valence-corrected chi connectivity index (χ4v) is 2.91. The van der Waals surface area contributed by atoms with E-state index in [0.717, 1.165) is 6.26 Å². The molecule has 33 heavy (non-hydrogen) atoms. The lowest BCUT2D eigenvalue weighted by Crippen LogP contribution is -2.49. The summed E-state index contributed by atoms with van der Waals surface area (Å²) in [7, 11) is 0. The molecular weight excluding hydrogens is 454 g/mol. The molecule has 1 unspecified atom stereocenters. The maximum absolute atomic E-state index is 12.3. The molecule has 0 saturated heterocycles. The van der Waals surface area contributed by atoms with Gasteiger partial charge < -0.3 is 29.6 Å². The summed E-state index contributed by atoms with van der Waals surface area (Å²) < 4.78 is 15.6. The SMILES string of the molecule is CC(C)(C)OC(=O)NC(CCCCc1nc(C(=O)O)co1)NC(=O)OCc1ccccc1Cl. The van der Waals surface area contributed by atoms with Crippen LogP contribution < -0.4 is 10.6 Å². The molecule has 1 aromatic heterocycles. The summed E-state index contributed by atoms with van der Waals surface area (Å²) in [4.78, 5) is 39.2. The van der Waals surface area contributed by atoms with Crippen molar-refractivity contribution in [2.45, 2.75) is 64.8 Å². The fourth-order valence-electron chi connectivity index (χ4n) is 2.72. The number of aromatic nitrogens is 1. The van der Waals surface area contributed by atoms with Gasteiger partial charge in [0.1, 0.15) is 24.6 Å². The number of hydrogen-bond acceptors (Lipinski definition) is 7. The van der Waals surface area contributed by atoms with E-state index in [0.29, 0.717) is 42.2 Å². The topological polar surface area (TPSA) is 140 Å². The van der Waals surface area contributed by atoms with Gasteiger partial charge in [0.2, 0.25) is 0 Å². The lowest BCUT2D eigenvalue weighted by Gasteiger charge is -2.24. The number of ether oxygens (including phenoxy) is 2. The van der Waals surface area contributed by atoms with Gasteiger partial charge in [-0.2, -0.15) is 0 Å². The second-order valence-electron chi connectivity index (χ2n) is 8.19. The molecule has 0 aliphatic heterocycles. The molecule has 1 heterocycles. The van der Waals surface area contributed by atoms with Crippen LogP contribution in [0.25, 0.3) is 0 Å². The molecule has 0 fully saturated rings. The highest BCUT2D eigenvalue weighted by Crippen LogP contribution is 2.16. The molecule has 180 valence electrons. The molecule has 0 radical (unpaired) electrons. The van der Waals surface area contributed by atoms with E-state index < -0.39 is 29.9 Å². The summed E-state index contributed by atoms with van der Waals surface area (Å²) in [5.41, 5.74) is -0.207. The Morgan fingerprint density at radius 3 is 2.48 bits per heavy atom.